The van der Waals surface area contributed by atoms with E-state index in [1.54, 1.807) is 0 Å². The molecule has 0 atom stereocenters. The number of aryl methyl sites for hydroxylation is 1. The van der Waals surface area contributed by atoms with E-state index in [0.717, 1.165) is 31.9 Å². The summed E-state index contributed by atoms with van der Waals surface area (Å²) in [4.78, 5) is 2.45. The van der Waals surface area contributed by atoms with Crippen LogP contribution >= 0.6 is 22.6 Å². The first kappa shape index (κ1) is 15.8. The number of hydrogen-bond acceptors (Lipinski definition) is 2. The lowest BCUT2D eigenvalue weighted by atomic mass is 10.2. The van der Waals surface area contributed by atoms with Gasteiger partial charge in [0, 0.05) is 0 Å². The number of ether oxygens (including phenoxy) is 1. The van der Waals surface area contributed by atoms with Crippen molar-refractivity contribution in [2.75, 3.05) is 26.2 Å². The second-order valence-corrected chi connectivity index (χ2v) is 5.68. The fourth-order valence-corrected chi connectivity index (χ4v) is 2.71. The molecule has 1 rings (SSSR count). The molecule has 0 aromatic heterocycles. The van der Waals surface area contributed by atoms with Crippen molar-refractivity contribution in [1.29, 1.82) is 0 Å². The van der Waals surface area contributed by atoms with Gasteiger partial charge in [-0.3, -0.25) is 0 Å². The number of benzene rings is 1. The van der Waals surface area contributed by atoms with E-state index in [9.17, 15) is 0 Å². The van der Waals surface area contributed by atoms with E-state index in [-0.39, 0.29) is 0 Å². The zero-order valence-electron chi connectivity index (χ0n) is 11.7. The fourth-order valence-electron chi connectivity index (χ4n) is 1.88. The summed E-state index contributed by atoms with van der Waals surface area (Å²) in [5.74, 6) is 1.02. The molecule has 0 radical (unpaired) electrons. The lowest BCUT2D eigenvalue weighted by molar-refractivity contribution is 0.265. The van der Waals surface area contributed by atoms with Crippen molar-refractivity contribution in [3.63, 3.8) is 0 Å². The van der Waals surface area contributed by atoms with Gasteiger partial charge in [-0.2, -0.15) is 0 Å². The van der Waals surface area contributed by atoms with Gasteiger partial charge in [-0.05, 0) is 79.7 Å². The fraction of sp³-hybridized carbons (Fsp3) is 0.600. The molecule has 0 aliphatic rings. The quantitative estimate of drug-likeness (QED) is 0.511. The molecule has 0 spiro atoms. The van der Waals surface area contributed by atoms with Crippen molar-refractivity contribution in [3.8, 4) is 5.75 Å². The molecule has 1 aromatic rings. The van der Waals surface area contributed by atoms with Crippen LogP contribution in [0.3, 0.4) is 0 Å². The van der Waals surface area contributed by atoms with Crippen LogP contribution in [-0.2, 0) is 0 Å². The van der Waals surface area contributed by atoms with Crippen LogP contribution in [0.15, 0.2) is 18.2 Å². The van der Waals surface area contributed by atoms with Crippen LogP contribution in [-0.4, -0.2) is 31.1 Å². The first-order valence-corrected chi connectivity index (χ1v) is 7.86. The highest BCUT2D eigenvalue weighted by Crippen LogP contribution is 2.21. The number of hydrogen-bond donors (Lipinski definition) is 0. The molecule has 0 heterocycles. The average Bonchev–Trinajstić information content (AvgIpc) is 2.36. The van der Waals surface area contributed by atoms with Crippen molar-refractivity contribution in [3.05, 3.63) is 27.3 Å². The van der Waals surface area contributed by atoms with Gasteiger partial charge < -0.3 is 9.64 Å². The van der Waals surface area contributed by atoms with Gasteiger partial charge in [0.1, 0.15) is 5.75 Å². The average molecular weight is 361 g/mol. The van der Waals surface area contributed by atoms with Gasteiger partial charge in [-0.15, -0.1) is 0 Å². The Morgan fingerprint density at radius 3 is 2.50 bits per heavy atom. The molecule has 0 N–H and O–H groups in total. The molecule has 2 nitrogen and oxygen atoms in total. The maximum atomic E-state index is 5.81. The van der Waals surface area contributed by atoms with Gasteiger partial charge >= 0.3 is 0 Å². The van der Waals surface area contributed by atoms with E-state index in [4.69, 9.17) is 4.74 Å². The van der Waals surface area contributed by atoms with Gasteiger partial charge in [0.05, 0.1) is 10.2 Å². The van der Waals surface area contributed by atoms with E-state index < -0.39 is 0 Å². The molecule has 0 amide bonds. The van der Waals surface area contributed by atoms with E-state index in [2.05, 4.69) is 66.5 Å². The molecule has 0 unspecified atom stereocenters. The summed E-state index contributed by atoms with van der Waals surface area (Å²) in [5, 5.41) is 0. The maximum absolute atomic E-state index is 5.81. The minimum Gasteiger partial charge on any atom is -0.492 e. The second kappa shape index (κ2) is 8.75. The van der Waals surface area contributed by atoms with Crippen molar-refractivity contribution >= 4 is 22.6 Å². The highest BCUT2D eigenvalue weighted by atomic mass is 127. The molecule has 18 heavy (non-hydrogen) atoms. The number of halogens is 1. The Hall–Kier alpha value is -0.290. The van der Waals surface area contributed by atoms with Crippen LogP contribution in [0.4, 0.5) is 0 Å². The summed E-state index contributed by atoms with van der Waals surface area (Å²) in [6, 6.07) is 6.33. The van der Waals surface area contributed by atoms with Crippen LogP contribution in [0.25, 0.3) is 0 Å². The zero-order chi connectivity index (χ0) is 13.4. The molecule has 102 valence electrons. The number of nitrogens with zero attached hydrogens (tertiary/aromatic N) is 1. The highest BCUT2D eigenvalue weighted by Gasteiger charge is 2.02. The molecule has 0 fully saturated rings. The molecule has 0 aliphatic carbocycles. The van der Waals surface area contributed by atoms with Crippen LogP contribution in [0, 0.1) is 10.5 Å². The lowest BCUT2D eigenvalue weighted by Gasteiger charge is -2.17. The SMILES string of the molecule is CCN(CC)CCCCOc1ccc(C)cc1I. The molecule has 0 bridgehead atoms. The Morgan fingerprint density at radius 1 is 1.17 bits per heavy atom. The van der Waals surface area contributed by atoms with E-state index >= 15 is 0 Å². The third-order valence-corrected chi connectivity index (χ3v) is 3.95. The van der Waals surface area contributed by atoms with E-state index in [1.807, 2.05) is 0 Å². The zero-order valence-corrected chi connectivity index (χ0v) is 13.9. The molecule has 3 heteroatoms. The van der Waals surface area contributed by atoms with E-state index in [0.29, 0.717) is 0 Å². The number of rotatable bonds is 8. The molecule has 1 aromatic carbocycles. The Bertz CT molecular complexity index is 350. The third kappa shape index (κ3) is 5.57. The van der Waals surface area contributed by atoms with Crippen LogP contribution in [0.1, 0.15) is 32.3 Å². The largest absolute Gasteiger partial charge is 0.492 e. The van der Waals surface area contributed by atoms with Crippen molar-refractivity contribution in [2.24, 2.45) is 0 Å². The Kier molecular flexibility index (Phi) is 7.66. The second-order valence-electron chi connectivity index (χ2n) is 4.52. The van der Waals surface area contributed by atoms with Crippen LogP contribution < -0.4 is 4.74 Å². The predicted molar refractivity (Wildman–Crippen MR) is 86.4 cm³/mol. The summed E-state index contributed by atoms with van der Waals surface area (Å²) < 4.78 is 7.02. The molecule has 0 saturated heterocycles. The minimum absolute atomic E-state index is 0.820. The first-order chi connectivity index (χ1) is 8.67. The summed E-state index contributed by atoms with van der Waals surface area (Å²) >= 11 is 2.34. The highest BCUT2D eigenvalue weighted by molar-refractivity contribution is 14.1. The smallest absolute Gasteiger partial charge is 0.132 e. The maximum Gasteiger partial charge on any atom is 0.132 e. The molecular weight excluding hydrogens is 337 g/mol. The summed E-state index contributed by atoms with van der Waals surface area (Å²) in [5.41, 5.74) is 1.29. The Labute approximate surface area is 125 Å². The minimum atomic E-state index is 0.820. The van der Waals surface area contributed by atoms with Gasteiger partial charge in [0.15, 0.2) is 0 Å². The summed E-state index contributed by atoms with van der Waals surface area (Å²) in [6.45, 7) is 10.8. The normalized spacial score (nSPS) is 10.9. The van der Waals surface area contributed by atoms with E-state index in [1.165, 1.54) is 22.1 Å². The molecule has 0 saturated carbocycles. The van der Waals surface area contributed by atoms with Gasteiger partial charge in [-0.1, -0.05) is 19.9 Å². The van der Waals surface area contributed by atoms with Crippen molar-refractivity contribution in [1.82, 2.24) is 4.90 Å². The summed E-state index contributed by atoms with van der Waals surface area (Å²) in [7, 11) is 0. The van der Waals surface area contributed by atoms with Crippen LogP contribution in [0.5, 0.6) is 5.75 Å². The van der Waals surface area contributed by atoms with Gasteiger partial charge in [0.2, 0.25) is 0 Å². The Balaban J connectivity index is 2.21. The summed E-state index contributed by atoms with van der Waals surface area (Å²) in [6.07, 6.45) is 2.34. The predicted octanol–water partition coefficient (Wildman–Crippen LogP) is 4.10. The van der Waals surface area contributed by atoms with Crippen molar-refractivity contribution < 1.29 is 4.74 Å². The van der Waals surface area contributed by atoms with Gasteiger partial charge in [-0.25, -0.2) is 0 Å². The van der Waals surface area contributed by atoms with Crippen molar-refractivity contribution in [2.45, 2.75) is 33.6 Å². The topological polar surface area (TPSA) is 12.5 Å². The Morgan fingerprint density at radius 2 is 1.89 bits per heavy atom. The first-order valence-electron chi connectivity index (χ1n) is 6.78. The molecule has 0 aliphatic heterocycles. The van der Waals surface area contributed by atoms with Gasteiger partial charge in [0.25, 0.3) is 0 Å². The standard InChI is InChI=1S/C15H24INO/c1-4-17(5-2)10-6-7-11-18-15-9-8-13(3)12-14(15)16/h8-9,12H,4-7,10-11H2,1-3H3. The lowest BCUT2D eigenvalue weighted by Crippen LogP contribution is -2.24. The van der Waals surface area contributed by atoms with Crippen LogP contribution in [0.2, 0.25) is 0 Å². The third-order valence-electron chi connectivity index (χ3n) is 3.11. The monoisotopic (exact) mass is 361 g/mol. The number of unbranched alkanes of at least 4 members (excludes halogenated alkanes) is 1. The molecular formula is C15H24INO.